The zero-order valence-electron chi connectivity index (χ0n) is 18.2. The first-order chi connectivity index (χ1) is 15.5. The number of imide groups is 1. The lowest BCUT2D eigenvalue weighted by molar-refractivity contribution is -0.144. The van der Waals surface area contributed by atoms with Gasteiger partial charge in [-0.1, -0.05) is 36.4 Å². The van der Waals surface area contributed by atoms with Crippen LogP contribution in [-0.4, -0.2) is 29.7 Å². The van der Waals surface area contributed by atoms with Crippen molar-refractivity contribution in [3.63, 3.8) is 0 Å². The van der Waals surface area contributed by atoms with Crippen LogP contribution in [0.3, 0.4) is 0 Å². The minimum atomic E-state index is -0.626. The summed E-state index contributed by atoms with van der Waals surface area (Å²) in [5, 5.41) is 2.89. The van der Waals surface area contributed by atoms with Crippen molar-refractivity contribution in [1.82, 2.24) is 4.90 Å². The highest BCUT2D eigenvalue weighted by Gasteiger charge is 2.60. The summed E-state index contributed by atoms with van der Waals surface area (Å²) in [5.41, 5.74) is 2.42. The third-order valence-corrected chi connectivity index (χ3v) is 7.12. The van der Waals surface area contributed by atoms with Gasteiger partial charge in [-0.3, -0.25) is 19.3 Å². The summed E-state index contributed by atoms with van der Waals surface area (Å²) in [6.07, 6.45) is 5.06. The number of aryl methyl sites for hydroxylation is 1. The molecule has 6 heteroatoms. The first-order valence-electron chi connectivity index (χ1n) is 11.0. The first kappa shape index (κ1) is 20.5. The maximum absolute atomic E-state index is 13.4. The molecule has 2 aliphatic carbocycles. The van der Waals surface area contributed by atoms with Crippen LogP contribution in [0.25, 0.3) is 0 Å². The molecule has 3 amide bonds. The number of carbonyl (C=O) groups is 3. The normalized spacial score (nSPS) is 26.4. The number of hydrogen-bond donors (Lipinski definition) is 1. The average molecular weight is 431 g/mol. The first-order valence-corrected chi connectivity index (χ1v) is 11.0. The fourth-order valence-corrected chi connectivity index (χ4v) is 5.60. The Labute approximate surface area is 187 Å². The van der Waals surface area contributed by atoms with Crippen LogP contribution in [0.15, 0.2) is 60.7 Å². The zero-order valence-corrected chi connectivity index (χ0v) is 18.2. The van der Waals surface area contributed by atoms with Crippen molar-refractivity contribution in [2.75, 3.05) is 12.4 Å². The van der Waals surface area contributed by atoms with E-state index in [1.165, 1.54) is 4.90 Å². The summed E-state index contributed by atoms with van der Waals surface area (Å²) in [4.78, 5) is 41.3. The van der Waals surface area contributed by atoms with Gasteiger partial charge in [-0.2, -0.15) is 0 Å². The summed E-state index contributed by atoms with van der Waals surface area (Å²) in [5.74, 6) is -0.118. The molecular weight excluding hydrogens is 404 g/mol. The predicted molar refractivity (Wildman–Crippen MR) is 120 cm³/mol. The molecule has 5 rings (SSSR count). The highest BCUT2D eigenvalue weighted by molar-refractivity contribution is 6.07. The Morgan fingerprint density at radius 3 is 2.25 bits per heavy atom. The third kappa shape index (κ3) is 3.30. The van der Waals surface area contributed by atoms with E-state index in [-0.39, 0.29) is 47.8 Å². The van der Waals surface area contributed by atoms with Crippen LogP contribution in [0.4, 0.5) is 5.69 Å². The molecule has 164 valence electrons. The van der Waals surface area contributed by atoms with Crippen molar-refractivity contribution >= 4 is 23.4 Å². The van der Waals surface area contributed by atoms with Gasteiger partial charge in [0.1, 0.15) is 5.75 Å². The number of ether oxygens (including phenoxy) is 1. The van der Waals surface area contributed by atoms with E-state index in [1.54, 1.807) is 31.4 Å². The Kier molecular flexibility index (Phi) is 5.08. The lowest BCUT2D eigenvalue weighted by Crippen LogP contribution is -2.38. The Morgan fingerprint density at radius 2 is 1.66 bits per heavy atom. The summed E-state index contributed by atoms with van der Waals surface area (Å²) in [7, 11) is 1.58. The number of allylic oxidation sites excluding steroid dienone is 2. The summed E-state index contributed by atoms with van der Waals surface area (Å²) >= 11 is 0. The van der Waals surface area contributed by atoms with Gasteiger partial charge in [0.2, 0.25) is 17.7 Å². The second-order valence-electron chi connectivity index (χ2n) is 8.90. The highest BCUT2D eigenvalue weighted by atomic mass is 16.5. The summed E-state index contributed by atoms with van der Waals surface area (Å²) in [6.45, 7) is 1.95. The molecule has 32 heavy (non-hydrogen) atoms. The number of nitrogens with one attached hydrogen (secondary N) is 1. The quantitative estimate of drug-likeness (QED) is 0.557. The van der Waals surface area contributed by atoms with Crippen LogP contribution in [0.2, 0.25) is 0 Å². The van der Waals surface area contributed by atoms with Gasteiger partial charge in [0, 0.05) is 5.69 Å². The Morgan fingerprint density at radius 1 is 1.03 bits per heavy atom. The molecule has 2 aromatic rings. The molecule has 2 bridgehead atoms. The Hall–Kier alpha value is -3.41. The number of benzene rings is 2. The van der Waals surface area contributed by atoms with Crippen LogP contribution in [0, 0.1) is 30.6 Å². The van der Waals surface area contributed by atoms with Crippen LogP contribution in [0.1, 0.15) is 30.0 Å². The molecule has 5 atom stereocenters. The second-order valence-corrected chi connectivity index (χ2v) is 8.90. The predicted octanol–water partition coefficient (Wildman–Crippen LogP) is 3.88. The number of anilines is 1. The van der Waals surface area contributed by atoms with Gasteiger partial charge < -0.3 is 10.1 Å². The molecule has 0 aromatic heterocycles. The van der Waals surface area contributed by atoms with E-state index in [4.69, 9.17) is 4.74 Å². The fraction of sp³-hybridized carbons (Fsp3) is 0.346. The summed E-state index contributed by atoms with van der Waals surface area (Å²) in [6, 6.07) is 14.1. The molecule has 1 heterocycles. The van der Waals surface area contributed by atoms with Crippen molar-refractivity contribution in [3.8, 4) is 5.75 Å². The topological polar surface area (TPSA) is 75.7 Å². The van der Waals surface area contributed by atoms with Gasteiger partial charge in [-0.25, -0.2) is 0 Å². The molecule has 5 unspecified atom stereocenters. The molecule has 0 radical (unpaired) electrons. The maximum atomic E-state index is 13.4. The van der Waals surface area contributed by atoms with Gasteiger partial charge in [0.15, 0.2) is 0 Å². The Bertz CT molecular complexity index is 1080. The van der Waals surface area contributed by atoms with Crippen molar-refractivity contribution in [1.29, 1.82) is 0 Å². The fourth-order valence-electron chi connectivity index (χ4n) is 5.60. The number of likely N-dealkylation sites (tertiary alicyclic amines) is 1. The molecule has 2 fully saturated rings. The van der Waals surface area contributed by atoms with Crippen molar-refractivity contribution in [2.45, 2.75) is 25.8 Å². The average Bonchev–Trinajstić information content (AvgIpc) is 3.47. The van der Waals surface area contributed by atoms with E-state index in [9.17, 15) is 14.4 Å². The van der Waals surface area contributed by atoms with E-state index >= 15 is 0 Å². The number of rotatable bonds is 6. The smallest absolute Gasteiger partial charge is 0.234 e. The van der Waals surface area contributed by atoms with Crippen molar-refractivity contribution in [3.05, 3.63) is 71.8 Å². The Balaban J connectivity index is 1.43. The van der Waals surface area contributed by atoms with Crippen LogP contribution in [-0.2, 0) is 14.4 Å². The molecule has 1 N–H and O–H groups in total. The minimum absolute atomic E-state index is 0.0105. The zero-order chi connectivity index (χ0) is 22.4. The maximum Gasteiger partial charge on any atom is 0.234 e. The van der Waals surface area contributed by atoms with Gasteiger partial charge >= 0.3 is 0 Å². The monoisotopic (exact) mass is 430 g/mol. The van der Waals surface area contributed by atoms with Crippen LogP contribution in [0.5, 0.6) is 5.75 Å². The lowest BCUT2D eigenvalue weighted by Gasteiger charge is -2.29. The molecule has 0 spiro atoms. The van der Waals surface area contributed by atoms with E-state index < -0.39 is 6.04 Å². The number of nitrogens with zero attached hydrogens (tertiary/aromatic N) is 1. The summed E-state index contributed by atoms with van der Waals surface area (Å²) < 4.78 is 5.16. The lowest BCUT2D eigenvalue weighted by atomic mass is 9.85. The van der Waals surface area contributed by atoms with Crippen molar-refractivity contribution < 1.29 is 19.1 Å². The van der Waals surface area contributed by atoms with Crippen LogP contribution < -0.4 is 10.1 Å². The molecule has 1 saturated carbocycles. The van der Waals surface area contributed by atoms with Gasteiger partial charge in [-0.15, -0.1) is 0 Å². The molecule has 3 aliphatic rings. The van der Waals surface area contributed by atoms with E-state index in [1.807, 2.05) is 31.2 Å². The molecule has 1 aliphatic heterocycles. The third-order valence-electron chi connectivity index (χ3n) is 7.12. The minimum Gasteiger partial charge on any atom is -0.497 e. The van der Waals surface area contributed by atoms with Crippen molar-refractivity contribution in [2.24, 2.45) is 23.7 Å². The number of methoxy groups -OCH3 is 1. The molecule has 1 saturated heterocycles. The standard InChI is InChI=1S/C26H26N2O4/c1-15-5-3-4-6-20(15)21(14-22(29)27-18-9-11-19(32-2)12-10-18)28-25(30)23-16-7-8-17(13-16)24(23)26(28)31/h3-12,16-17,21,23-24H,13-14H2,1-2H3,(H,27,29). The van der Waals surface area contributed by atoms with Gasteiger partial charge in [0.25, 0.3) is 0 Å². The van der Waals surface area contributed by atoms with E-state index in [2.05, 4.69) is 17.5 Å². The second kappa shape index (κ2) is 7.93. The van der Waals surface area contributed by atoms with Gasteiger partial charge in [0.05, 0.1) is 31.4 Å². The number of fused-ring (bicyclic) bond motifs is 5. The van der Waals surface area contributed by atoms with Gasteiger partial charge in [-0.05, 0) is 60.6 Å². The highest BCUT2D eigenvalue weighted by Crippen LogP contribution is 2.54. The molecule has 2 aromatic carbocycles. The molecular formula is C26H26N2O4. The SMILES string of the molecule is COc1ccc(NC(=O)CC(c2ccccc2C)N2C(=O)C3C4C=CC(C4)C3C2=O)cc1. The van der Waals surface area contributed by atoms with Crippen LogP contribution >= 0.6 is 0 Å². The number of hydrogen-bond acceptors (Lipinski definition) is 4. The van der Waals surface area contributed by atoms with E-state index in [0.29, 0.717) is 11.4 Å². The molecule has 6 nitrogen and oxygen atoms in total. The number of carbonyl (C=O) groups excluding carboxylic acids is 3. The largest absolute Gasteiger partial charge is 0.497 e. The number of amides is 3. The van der Waals surface area contributed by atoms with E-state index in [0.717, 1.165) is 17.5 Å².